The van der Waals surface area contributed by atoms with Gasteiger partial charge in [0.2, 0.25) is 0 Å². The molecular weight excluding hydrogens is 234 g/mol. The van der Waals surface area contributed by atoms with E-state index in [0.29, 0.717) is 12.0 Å². The molecule has 3 heteroatoms. The minimum atomic E-state index is 0.496. The molecule has 0 spiro atoms. The average Bonchev–Trinajstić information content (AvgIpc) is 2.71. The third-order valence-electron chi connectivity index (χ3n) is 3.74. The van der Waals surface area contributed by atoms with Gasteiger partial charge in [0.05, 0.1) is 11.0 Å². The van der Waals surface area contributed by atoms with Crippen molar-refractivity contribution in [2.75, 3.05) is 6.54 Å². The van der Waals surface area contributed by atoms with E-state index < -0.39 is 0 Å². The van der Waals surface area contributed by atoms with Crippen LogP contribution >= 0.6 is 0 Å². The normalized spacial score (nSPS) is 13.3. The lowest BCUT2D eigenvalue weighted by molar-refractivity contribution is 0.389. The van der Waals surface area contributed by atoms with E-state index in [1.54, 1.807) is 0 Å². The lowest BCUT2D eigenvalue weighted by Crippen LogP contribution is -2.37. The molecule has 0 saturated heterocycles. The number of benzene rings is 1. The highest BCUT2D eigenvalue weighted by molar-refractivity contribution is 5.75. The Bertz CT molecular complexity index is 528. The summed E-state index contributed by atoms with van der Waals surface area (Å²) < 4.78 is 2.22. The maximum atomic E-state index is 4.77. The van der Waals surface area contributed by atoms with Crippen LogP contribution in [0.4, 0.5) is 0 Å². The average molecular weight is 259 g/mol. The van der Waals surface area contributed by atoms with Gasteiger partial charge in [-0.25, -0.2) is 4.98 Å². The van der Waals surface area contributed by atoms with Crippen LogP contribution in [0.5, 0.6) is 0 Å². The molecule has 0 aliphatic heterocycles. The molecule has 0 aliphatic carbocycles. The van der Waals surface area contributed by atoms with Crippen molar-refractivity contribution in [3.8, 4) is 0 Å². The van der Waals surface area contributed by atoms with Crippen LogP contribution in [0.15, 0.2) is 24.3 Å². The third kappa shape index (κ3) is 3.16. The monoisotopic (exact) mass is 259 g/mol. The summed E-state index contributed by atoms with van der Waals surface area (Å²) in [5.41, 5.74) is 2.31. The molecule has 0 bridgehead atoms. The number of para-hydroxylation sites is 2. The van der Waals surface area contributed by atoms with Crippen LogP contribution in [-0.4, -0.2) is 22.1 Å². The Hall–Kier alpha value is -1.35. The van der Waals surface area contributed by atoms with Gasteiger partial charge >= 0.3 is 0 Å². The van der Waals surface area contributed by atoms with Gasteiger partial charge in [-0.05, 0) is 31.0 Å². The molecule has 0 saturated carbocycles. The Morgan fingerprint density at radius 1 is 1.26 bits per heavy atom. The fourth-order valence-electron chi connectivity index (χ4n) is 2.45. The van der Waals surface area contributed by atoms with Crippen LogP contribution in [-0.2, 0) is 13.5 Å². The van der Waals surface area contributed by atoms with Gasteiger partial charge in [0.25, 0.3) is 0 Å². The molecule has 1 aromatic heterocycles. The van der Waals surface area contributed by atoms with E-state index in [-0.39, 0.29) is 0 Å². The van der Waals surface area contributed by atoms with E-state index >= 15 is 0 Å². The molecular formula is C16H25N3. The number of imidazole rings is 1. The minimum Gasteiger partial charge on any atom is -0.331 e. The lowest BCUT2D eigenvalue weighted by atomic mass is 10.0. The Morgan fingerprint density at radius 2 is 2.00 bits per heavy atom. The smallest absolute Gasteiger partial charge is 0.111 e. The zero-order chi connectivity index (χ0) is 13.8. The van der Waals surface area contributed by atoms with E-state index in [4.69, 9.17) is 4.98 Å². The van der Waals surface area contributed by atoms with Crippen molar-refractivity contribution in [1.29, 1.82) is 0 Å². The first-order valence-corrected chi connectivity index (χ1v) is 7.27. The fraction of sp³-hybridized carbons (Fsp3) is 0.562. The van der Waals surface area contributed by atoms with Crippen molar-refractivity contribution in [3.05, 3.63) is 30.1 Å². The molecule has 19 heavy (non-hydrogen) atoms. The summed E-state index contributed by atoms with van der Waals surface area (Å²) in [6.45, 7) is 7.83. The first kappa shape index (κ1) is 14.1. The summed E-state index contributed by atoms with van der Waals surface area (Å²) in [6.07, 6.45) is 2.16. The van der Waals surface area contributed by atoms with Crippen LogP contribution in [0.1, 0.15) is 33.0 Å². The number of nitrogens with zero attached hydrogens (tertiary/aromatic N) is 2. The van der Waals surface area contributed by atoms with Gasteiger partial charge in [0.1, 0.15) is 5.82 Å². The summed E-state index contributed by atoms with van der Waals surface area (Å²) in [7, 11) is 2.11. The van der Waals surface area contributed by atoms with E-state index in [2.05, 4.69) is 55.9 Å². The number of hydrogen-bond donors (Lipinski definition) is 1. The van der Waals surface area contributed by atoms with E-state index in [1.807, 2.05) is 6.07 Å². The molecule has 1 unspecified atom stereocenters. The fourth-order valence-corrected chi connectivity index (χ4v) is 2.45. The first-order chi connectivity index (χ1) is 9.13. The highest BCUT2D eigenvalue weighted by Crippen LogP contribution is 2.17. The second-order valence-corrected chi connectivity index (χ2v) is 5.58. The maximum absolute atomic E-state index is 4.77. The van der Waals surface area contributed by atoms with Gasteiger partial charge in [-0.3, -0.25) is 0 Å². The quantitative estimate of drug-likeness (QED) is 0.863. The highest BCUT2D eigenvalue weighted by Gasteiger charge is 2.16. The molecule has 0 radical (unpaired) electrons. The van der Waals surface area contributed by atoms with Gasteiger partial charge in [-0.1, -0.05) is 32.9 Å². The number of rotatable bonds is 6. The Labute approximate surface area is 116 Å². The largest absolute Gasteiger partial charge is 0.331 e. The number of aryl methyl sites for hydroxylation is 1. The summed E-state index contributed by atoms with van der Waals surface area (Å²) in [4.78, 5) is 4.77. The van der Waals surface area contributed by atoms with Crippen molar-refractivity contribution < 1.29 is 0 Å². The van der Waals surface area contributed by atoms with Gasteiger partial charge in [0, 0.05) is 19.5 Å². The zero-order valence-corrected chi connectivity index (χ0v) is 12.5. The van der Waals surface area contributed by atoms with Crippen molar-refractivity contribution in [3.63, 3.8) is 0 Å². The number of fused-ring (bicyclic) bond motifs is 1. The van der Waals surface area contributed by atoms with Gasteiger partial charge < -0.3 is 9.88 Å². The first-order valence-electron chi connectivity index (χ1n) is 7.27. The summed E-state index contributed by atoms with van der Waals surface area (Å²) >= 11 is 0. The van der Waals surface area contributed by atoms with Crippen LogP contribution in [0.2, 0.25) is 0 Å². The summed E-state index contributed by atoms with van der Waals surface area (Å²) in [5, 5.41) is 3.64. The SMILES string of the molecule is CCCNC(Cc1nc2ccccc2n1C)C(C)C. The predicted octanol–water partition coefficient (Wildman–Crippen LogP) is 3.14. The van der Waals surface area contributed by atoms with Gasteiger partial charge in [-0.15, -0.1) is 0 Å². The van der Waals surface area contributed by atoms with Crippen molar-refractivity contribution in [1.82, 2.24) is 14.9 Å². The molecule has 0 fully saturated rings. The predicted molar refractivity (Wildman–Crippen MR) is 81.3 cm³/mol. The standard InChI is InChI=1S/C16H25N3/c1-5-10-17-14(12(2)3)11-16-18-13-8-6-7-9-15(13)19(16)4/h6-9,12,14,17H,5,10-11H2,1-4H3. The number of nitrogens with one attached hydrogen (secondary N) is 1. The molecule has 3 nitrogen and oxygen atoms in total. The summed E-state index contributed by atoms with van der Waals surface area (Å²) in [6, 6.07) is 8.84. The summed E-state index contributed by atoms with van der Waals surface area (Å²) in [5.74, 6) is 1.79. The van der Waals surface area contributed by atoms with E-state index in [0.717, 1.165) is 18.5 Å². The van der Waals surface area contributed by atoms with Gasteiger partial charge in [0.15, 0.2) is 0 Å². The van der Waals surface area contributed by atoms with Crippen molar-refractivity contribution in [2.24, 2.45) is 13.0 Å². The van der Waals surface area contributed by atoms with Crippen molar-refractivity contribution in [2.45, 2.75) is 39.7 Å². The molecule has 0 aliphatic rings. The molecule has 1 atom stereocenters. The zero-order valence-electron chi connectivity index (χ0n) is 12.5. The van der Waals surface area contributed by atoms with Gasteiger partial charge in [-0.2, -0.15) is 0 Å². The second kappa shape index (κ2) is 6.20. The topological polar surface area (TPSA) is 29.9 Å². The van der Waals surface area contributed by atoms with E-state index in [9.17, 15) is 0 Å². The highest BCUT2D eigenvalue weighted by atomic mass is 15.1. The van der Waals surface area contributed by atoms with Crippen LogP contribution in [0.25, 0.3) is 11.0 Å². The van der Waals surface area contributed by atoms with Crippen molar-refractivity contribution >= 4 is 11.0 Å². The third-order valence-corrected chi connectivity index (χ3v) is 3.74. The van der Waals surface area contributed by atoms with E-state index in [1.165, 1.54) is 17.8 Å². The molecule has 2 rings (SSSR count). The molecule has 2 aromatic rings. The lowest BCUT2D eigenvalue weighted by Gasteiger charge is -2.22. The molecule has 1 aromatic carbocycles. The Balaban J connectivity index is 2.21. The Morgan fingerprint density at radius 3 is 2.63 bits per heavy atom. The van der Waals surface area contributed by atoms with Crippen LogP contribution in [0, 0.1) is 5.92 Å². The minimum absolute atomic E-state index is 0.496. The molecule has 104 valence electrons. The second-order valence-electron chi connectivity index (χ2n) is 5.58. The van der Waals surface area contributed by atoms with Crippen LogP contribution < -0.4 is 5.32 Å². The van der Waals surface area contributed by atoms with Crippen LogP contribution in [0.3, 0.4) is 0 Å². The molecule has 1 heterocycles. The molecule has 1 N–H and O–H groups in total. The number of aromatic nitrogens is 2. The maximum Gasteiger partial charge on any atom is 0.111 e. The Kier molecular flexibility index (Phi) is 4.59. The number of hydrogen-bond acceptors (Lipinski definition) is 2. The molecule has 0 amide bonds.